The van der Waals surface area contributed by atoms with E-state index in [0.717, 1.165) is 65.0 Å². The first-order valence-corrected chi connectivity index (χ1v) is 12.5. The summed E-state index contributed by atoms with van der Waals surface area (Å²) in [4.78, 5) is 13.8. The van der Waals surface area contributed by atoms with Gasteiger partial charge < -0.3 is 20.7 Å². The van der Waals surface area contributed by atoms with E-state index in [-0.39, 0.29) is 6.67 Å². The number of rotatable bonds is 9. The van der Waals surface area contributed by atoms with Crippen LogP contribution in [0.15, 0.2) is 60.9 Å². The lowest BCUT2D eigenvalue weighted by Crippen LogP contribution is -2.38. The van der Waals surface area contributed by atoms with Crippen molar-refractivity contribution >= 4 is 22.4 Å². The SMILES string of the molecule is Cc1ccc2c(NCCCF)cccc2c1Oc1ncccc1-c1ccnc(N[C@H]2CCCNC2)n1. The molecule has 0 radical (unpaired) electrons. The van der Waals surface area contributed by atoms with Crippen LogP contribution >= 0.6 is 0 Å². The number of pyridine rings is 1. The molecule has 7 nitrogen and oxygen atoms in total. The summed E-state index contributed by atoms with van der Waals surface area (Å²) >= 11 is 0. The van der Waals surface area contributed by atoms with Gasteiger partial charge >= 0.3 is 0 Å². The van der Waals surface area contributed by atoms with Crippen LogP contribution in [0.1, 0.15) is 24.8 Å². The summed E-state index contributed by atoms with van der Waals surface area (Å²) in [5.74, 6) is 1.82. The summed E-state index contributed by atoms with van der Waals surface area (Å²) in [6, 6.07) is 16.1. The number of halogens is 1. The fraction of sp³-hybridized carbons (Fsp3) is 0.321. The Morgan fingerprint density at radius 2 is 2.00 bits per heavy atom. The lowest BCUT2D eigenvalue weighted by atomic mass is 10.0. The van der Waals surface area contributed by atoms with E-state index in [9.17, 15) is 4.39 Å². The molecule has 3 heterocycles. The Morgan fingerprint density at radius 3 is 2.86 bits per heavy atom. The van der Waals surface area contributed by atoms with E-state index in [0.29, 0.717) is 30.8 Å². The van der Waals surface area contributed by atoms with Crippen LogP contribution in [0.3, 0.4) is 0 Å². The predicted molar refractivity (Wildman–Crippen MR) is 143 cm³/mol. The van der Waals surface area contributed by atoms with Crippen molar-refractivity contribution in [2.45, 2.75) is 32.2 Å². The maximum absolute atomic E-state index is 12.6. The minimum absolute atomic E-state index is 0.310. The molecule has 186 valence electrons. The van der Waals surface area contributed by atoms with E-state index in [1.165, 1.54) is 0 Å². The third-order valence-corrected chi connectivity index (χ3v) is 6.37. The van der Waals surface area contributed by atoms with Crippen molar-refractivity contribution in [2.75, 3.05) is 36.9 Å². The van der Waals surface area contributed by atoms with Crippen molar-refractivity contribution in [3.63, 3.8) is 0 Å². The Bertz CT molecular complexity index is 1320. The summed E-state index contributed by atoms with van der Waals surface area (Å²) in [7, 11) is 0. The minimum atomic E-state index is -0.342. The zero-order valence-electron chi connectivity index (χ0n) is 20.4. The lowest BCUT2D eigenvalue weighted by Gasteiger charge is -2.23. The van der Waals surface area contributed by atoms with Gasteiger partial charge in [-0.05, 0) is 62.6 Å². The summed E-state index contributed by atoms with van der Waals surface area (Å²) in [6.07, 6.45) is 6.17. The average Bonchev–Trinajstić information content (AvgIpc) is 2.91. The number of aromatic nitrogens is 3. The molecule has 3 N–H and O–H groups in total. The van der Waals surface area contributed by atoms with E-state index in [1.54, 1.807) is 12.4 Å². The molecule has 1 aliphatic heterocycles. The van der Waals surface area contributed by atoms with Crippen LogP contribution in [0.4, 0.5) is 16.0 Å². The van der Waals surface area contributed by atoms with E-state index in [4.69, 9.17) is 9.72 Å². The first kappa shape index (κ1) is 23.9. The van der Waals surface area contributed by atoms with Gasteiger partial charge in [-0.2, -0.15) is 0 Å². The molecule has 0 aliphatic carbocycles. The van der Waals surface area contributed by atoms with Crippen LogP contribution in [0.25, 0.3) is 22.0 Å². The summed E-state index contributed by atoms with van der Waals surface area (Å²) in [5, 5.41) is 12.2. The smallest absolute Gasteiger partial charge is 0.228 e. The molecular formula is C28H31FN6O. The number of hydrogen-bond donors (Lipinski definition) is 3. The maximum Gasteiger partial charge on any atom is 0.228 e. The van der Waals surface area contributed by atoms with E-state index < -0.39 is 0 Å². The fourth-order valence-corrected chi connectivity index (χ4v) is 4.52. The van der Waals surface area contributed by atoms with Crippen molar-refractivity contribution in [1.82, 2.24) is 20.3 Å². The molecule has 8 heteroatoms. The Hall–Kier alpha value is -3.78. The molecule has 0 bridgehead atoms. The van der Waals surface area contributed by atoms with Gasteiger partial charge in [-0.15, -0.1) is 0 Å². The van der Waals surface area contributed by atoms with Crippen molar-refractivity contribution in [3.05, 3.63) is 66.5 Å². The average molecular weight is 487 g/mol. The van der Waals surface area contributed by atoms with Gasteiger partial charge in [-0.3, -0.25) is 4.39 Å². The highest BCUT2D eigenvalue weighted by Crippen LogP contribution is 2.38. The second-order valence-corrected chi connectivity index (χ2v) is 8.99. The Kier molecular flexibility index (Phi) is 7.52. The van der Waals surface area contributed by atoms with Gasteiger partial charge in [0.25, 0.3) is 0 Å². The van der Waals surface area contributed by atoms with E-state index in [2.05, 4.69) is 32.0 Å². The van der Waals surface area contributed by atoms with Gasteiger partial charge in [0.1, 0.15) is 5.75 Å². The number of anilines is 2. The van der Waals surface area contributed by atoms with Crippen molar-refractivity contribution in [3.8, 4) is 22.9 Å². The number of benzene rings is 2. The van der Waals surface area contributed by atoms with Crippen LogP contribution in [-0.4, -0.2) is 47.3 Å². The van der Waals surface area contributed by atoms with Gasteiger partial charge in [0.15, 0.2) is 0 Å². The predicted octanol–water partition coefficient (Wildman–Crippen LogP) is 5.73. The Balaban J connectivity index is 1.46. The minimum Gasteiger partial charge on any atom is -0.437 e. The maximum atomic E-state index is 12.6. The molecule has 2 aromatic heterocycles. The molecule has 1 atom stereocenters. The zero-order chi connectivity index (χ0) is 24.7. The molecule has 36 heavy (non-hydrogen) atoms. The lowest BCUT2D eigenvalue weighted by molar-refractivity contribution is 0.466. The number of hydrogen-bond acceptors (Lipinski definition) is 7. The van der Waals surface area contributed by atoms with Crippen molar-refractivity contribution in [2.24, 2.45) is 0 Å². The number of aryl methyl sites for hydroxylation is 1. The number of nitrogens with one attached hydrogen (secondary N) is 3. The topological polar surface area (TPSA) is 84.0 Å². The molecule has 0 spiro atoms. The third-order valence-electron chi connectivity index (χ3n) is 6.37. The number of ether oxygens (including phenoxy) is 1. The highest BCUT2D eigenvalue weighted by Gasteiger charge is 2.17. The van der Waals surface area contributed by atoms with Crippen molar-refractivity contribution < 1.29 is 9.13 Å². The third kappa shape index (κ3) is 5.39. The highest BCUT2D eigenvalue weighted by atomic mass is 19.1. The zero-order valence-corrected chi connectivity index (χ0v) is 20.4. The number of nitrogens with zero attached hydrogens (tertiary/aromatic N) is 3. The second kappa shape index (κ2) is 11.3. The summed E-state index contributed by atoms with van der Waals surface area (Å²) in [6.45, 7) is 4.21. The Labute approximate surface area is 210 Å². The van der Waals surface area contributed by atoms with Crippen LogP contribution in [0.5, 0.6) is 11.6 Å². The number of piperidine rings is 1. The molecule has 1 saturated heterocycles. The molecule has 5 rings (SSSR count). The monoisotopic (exact) mass is 486 g/mol. The molecular weight excluding hydrogens is 455 g/mol. The van der Waals surface area contributed by atoms with Gasteiger partial charge in [0.05, 0.1) is 17.9 Å². The molecule has 0 unspecified atom stereocenters. The molecule has 4 aromatic rings. The molecule has 1 aliphatic rings. The fourth-order valence-electron chi connectivity index (χ4n) is 4.52. The first-order valence-electron chi connectivity index (χ1n) is 12.5. The number of fused-ring (bicyclic) bond motifs is 1. The molecule has 1 fully saturated rings. The van der Waals surface area contributed by atoms with Crippen LogP contribution in [0.2, 0.25) is 0 Å². The van der Waals surface area contributed by atoms with Gasteiger partial charge in [-0.25, -0.2) is 15.0 Å². The van der Waals surface area contributed by atoms with Crippen molar-refractivity contribution in [1.29, 1.82) is 0 Å². The van der Waals surface area contributed by atoms with Gasteiger partial charge in [-0.1, -0.05) is 24.3 Å². The molecule has 2 aromatic carbocycles. The van der Waals surface area contributed by atoms with Crippen LogP contribution in [0, 0.1) is 6.92 Å². The standard InChI is InChI=1S/C28H31FN6O/c1-19-10-11-21-22(7-2-9-24(21)31-16-5-13-29)26(19)36-27-23(8-4-15-32-27)25-12-17-33-28(35-25)34-20-6-3-14-30-18-20/h2,4,7-12,15,17,20,30-31H,3,5-6,13-14,16,18H2,1H3,(H,33,34,35)/t20-/m0/s1. The van der Waals surface area contributed by atoms with Gasteiger partial charge in [0, 0.05) is 48.0 Å². The van der Waals surface area contributed by atoms with E-state index >= 15 is 0 Å². The highest BCUT2D eigenvalue weighted by molar-refractivity contribution is 5.98. The second-order valence-electron chi connectivity index (χ2n) is 8.99. The molecule has 0 amide bonds. The summed E-state index contributed by atoms with van der Waals surface area (Å²) in [5.41, 5.74) is 3.48. The normalized spacial score (nSPS) is 15.6. The Morgan fingerprint density at radius 1 is 1.06 bits per heavy atom. The molecule has 0 saturated carbocycles. The first-order chi connectivity index (χ1) is 17.7. The van der Waals surface area contributed by atoms with Crippen LogP contribution < -0.4 is 20.7 Å². The quantitative estimate of drug-likeness (QED) is 0.261. The van der Waals surface area contributed by atoms with Gasteiger partial charge in [0.2, 0.25) is 11.8 Å². The largest absolute Gasteiger partial charge is 0.437 e. The summed E-state index contributed by atoms with van der Waals surface area (Å²) < 4.78 is 19.1. The number of alkyl halides is 1. The van der Waals surface area contributed by atoms with E-state index in [1.807, 2.05) is 49.4 Å². The van der Waals surface area contributed by atoms with Crippen LogP contribution in [-0.2, 0) is 0 Å².